The zero-order valence-electron chi connectivity index (χ0n) is 12.4. The maximum absolute atomic E-state index is 12.0. The maximum Gasteiger partial charge on any atom is 0.342 e. The first kappa shape index (κ1) is 15.3. The summed E-state index contributed by atoms with van der Waals surface area (Å²) >= 11 is 1.03. The van der Waals surface area contributed by atoms with Gasteiger partial charge in [-0.15, -0.1) is 0 Å². The first-order chi connectivity index (χ1) is 10.5. The minimum atomic E-state index is -0.649. The molecule has 22 heavy (non-hydrogen) atoms. The highest BCUT2D eigenvalue weighted by Crippen LogP contribution is 2.49. The van der Waals surface area contributed by atoms with Gasteiger partial charge >= 0.3 is 5.69 Å². The Morgan fingerprint density at radius 2 is 2.23 bits per heavy atom. The molecule has 0 radical (unpaired) electrons. The molecule has 3 N–H and O–H groups in total. The molecule has 2 saturated carbocycles. The van der Waals surface area contributed by atoms with Crippen LogP contribution in [0.15, 0.2) is 14.6 Å². The number of thioether (sulfide) groups is 1. The minimum absolute atomic E-state index is 0.0994. The summed E-state index contributed by atoms with van der Waals surface area (Å²) in [7, 11) is 0. The van der Waals surface area contributed by atoms with Crippen LogP contribution in [-0.2, 0) is 4.79 Å². The van der Waals surface area contributed by atoms with Crippen LogP contribution in [0, 0.1) is 17.8 Å². The van der Waals surface area contributed by atoms with Gasteiger partial charge in [0.25, 0.3) is 5.56 Å². The Balaban J connectivity index is 1.50. The minimum Gasteiger partial charge on any atom is -0.353 e. The summed E-state index contributed by atoms with van der Waals surface area (Å²) < 4.78 is 0. The number of carbonyl (C=O) groups is 1. The molecule has 0 saturated heterocycles. The quantitative estimate of drug-likeness (QED) is 0.683. The first-order valence-electron chi connectivity index (χ1n) is 7.64. The van der Waals surface area contributed by atoms with Gasteiger partial charge in [-0.3, -0.25) is 14.6 Å². The molecule has 8 heteroatoms. The van der Waals surface area contributed by atoms with E-state index in [0.29, 0.717) is 5.92 Å². The molecule has 1 aromatic heterocycles. The summed E-state index contributed by atoms with van der Waals surface area (Å²) in [5, 5.41) is 8.93. The number of nitrogens with one attached hydrogen (secondary N) is 3. The second-order valence-corrected chi connectivity index (χ2v) is 7.26. The molecule has 1 heterocycles. The number of nitrogens with zero attached hydrogens (tertiary/aromatic N) is 1. The molecule has 0 unspecified atom stereocenters. The number of carbonyl (C=O) groups excluding carboxylic acids is 1. The highest BCUT2D eigenvalue weighted by molar-refractivity contribution is 7.99. The predicted molar refractivity (Wildman–Crippen MR) is 82.7 cm³/mol. The van der Waals surface area contributed by atoms with Crippen molar-refractivity contribution in [2.75, 3.05) is 5.75 Å². The van der Waals surface area contributed by atoms with Crippen LogP contribution in [-0.4, -0.2) is 32.9 Å². The molecule has 7 nitrogen and oxygen atoms in total. The van der Waals surface area contributed by atoms with E-state index < -0.39 is 11.2 Å². The van der Waals surface area contributed by atoms with Gasteiger partial charge in [0.2, 0.25) is 5.91 Å². The van der Waals surface area contributed by atoms with E-state index in [1.54, 1.807) is 0 Å². The number of aromatic nitrogens is 3. The molecule has 4 atom stereocenters. The lowest BCUT2D eigenvalue weighted by molar-refractivity contribution is -0.119. The van der Waals surface area contributed by atoms with E-state index in [0.717, 1.165) is 23.6 Å². The number of fused-ring (bicyclic) bond motifs is 2. The third-order valence-electron chi connectivity index (χ3n) is 4.84. The van der Waals surface area contributed by atoms with Crippen LogP contribution < -0.4 is 16.6 Å². The van der Waals surface area contributed by atoms with E-state index >= 15 is 0 Å². The van der Waals surface area contributed by atoms with Gasteiger partial charge in [0.1, 0.15) is 0 Å². The Kier molecular flexibility index (Phi) is 4.37. The molecule has 3 rings (SSSR count). The van der Waals surface area contributed by atoms with Crippen LogP contribution in [0.3, 0.4) is 0 Å². The van der Waals surface area contributed by atoms with Gasteiger partial charge in [-0.2, -0.15) is 5.10 Å². The van der Waals surface area contributed by atoms with Crippen molar-refractivity contribution in [3.05, 3.63) is 20.8 Å². The van der Waals surface area contributed by atoms with Gasteiger partial charge in [0.15, 0.2) is 5.03 Å². The van der Waals surface area contributed by atoms with E-state index in [1.807, 2.05) is 0 Å². The normalized spacial score (nSPS) is 27.8. The number of hydrogen-bond acceptors (Lipinski definition) is 5. The van der Waals surface area contributed by atoms with Gasteiger partial charge in [-0.1, -0.05) is 18.2 Å². The Morgan fingerprint density at radius 3 is 2.86 bits per heavy atom. The zero-order valence-corrected chi connectivity index (χ0v) is 13.2. The van der Waals surface area contributed by atoms with Gasteiger partial charge < -0.3 is 5.32 Å². The molecule has 0 aromatic carbocycles. The monoisotopic (exact) mass is 324 g/mol. The molecular weight excluding hydrogens is 304 g/mol. The van der Waals surface area contributed by atoms with E-state index in [1.165, 1.54) is 25.7 Å². The van der Waals surface area contributed by atoms with Crippen molar-refractivity contribution in [2.45, 2.75) is 43.7 Å². The van der Waals surface area contributed by atoms with Crippen LogP contribution in [0.1, 0.15) is 32.6 Å². The predicted octanol–water partition coefficient (Wildman–Crippen LogP) is 0.491. The SMILES string of the molecule is C[C@@H](NC(=O)CSc1n[nH]c(=O)[nH]c1=O)[C@H]1C[C@H]2CC[C@H]1C2. The smallest absolute Gasteiger partial charge is 0.342 e. The Bertz CT molecular complexity index is 671. The summed E-state index contributed by atoms with van der Waals surface area (Å²) in [5.74, 6) is 2.21. The van der Waals surface area contributed by atoms with Crippen molar-refractivity contribution in [1.82, 2.24) is 20.5 Å². The van der Waals surface area contributed by atoms with E-state index in [4.69, 9.17) is 0 Å². The lowest BCUT2D eigenvalue weighted by Gasteiger charge is -2.28. The van der Waals surface area contributed by atoms with Crippen molar-refractivity contribution in [1.29, 1.82) is 0 Å². The average Bonchev–Trinajstić information content (AvgIpc) is 3.09. The van der Waals surface area contributed by atoms with Gasteiger partial charge in [-0.25, -0.2) is 9.89 Å². The molecule has 1 aromatic rings. The second kappa shape index (κ2) is 6.28. The third kappa shape index (κ3) is 3.26. The van der Waals surface area contributed by atoms with Gasteiger partial charge in [0.05, 0.1) is 5.75 Å². The fourth-order valence-corrected chi connectivity index (χ4v) is 4.52. The Morgan fingerprint density at radius 1 is 1.41 bits per heavy atom. The number of amides is 1. The van der Waals surface area contributed by atoms with Crippen molar-refractivity contribution in [2.24, 2.45) is 17.8 Å². The molecular formula is C14H20N4O3S. The molecule has 2 fully saturated rings. The number of rotatable bonds is 5. The van der Waals surface area contributed by atoms with E-state index in [2.05, 4.69) is 27.4 Å². The summed E-state index contributed by atoms with van der Waals surface area (Å²) in [6.07, 6.45) is 5.18. The summed E-state index contributed by atoms with van der Waals surface area (Å²) in [4.78, 5) is 36.5. The van der Waals surface area contributed by atoms with Crippen LogP contribution in [0.5, 0.6) is 0 Å². The highest BCUT2D eigenvalue weighted by atomic mass is 32.2. The molecule has 0 aliphatic heterocycles. The first-order valence-corrected chi connectivity index (χ1v) is 8.62. The van der Waals surface area contributed by atoms with E-state index in [9.17, 15) is 14.4 Å². The lowest BCUT2D eigenvalue weighted by Crippen LogP contribution is -2.41. The molecule has 120 valence electrons. The second-order valence-electron chi connectivity index (χ2n) is 6.30. The maximum atomic E-state index is 12.0. The fraction of sp³-hybridized carbons (Fsp3) is 0.714. The van der Waals surface area contributed by atoms with E-state index in [-0.39, 0.29) is 22.7 Å². The van der Waals surface area contributed by atoms with Crippen molar-refractivity contribution in [3.8, 4) is 0 Å². The lowest BCUT2D eigenvalue weighted by atomic mass is 9.84. The molecule has 1 amide bonds. The zero-order chi connectivity index (χ0) is 15.7. The Labute approximate surface area is 131 Å². The van der Waals surface area contributed by atoms with Gasteiger partial charge in [0, 0.05) is 6.04 Å². The van der Waals surface area contributed by atoms with Crippen molar-refractivity contribution < 1.29 is 4.79 Å². The topological polar surface area (TPSA) is 108 Å². The number of hydrogen-bond donors (Lipinski definition) is 3. The standard InChI is InChI=1S/C14H20N4O3S/c1-7(10-5-8-2-3-9(10)4-8)15-11(19)6-22-13-12(20)16-14(21)18-17-13/h7-10H,2-6H2,1H3,(H,15,19)(H2,16,18,20,21)/t7-,8+,9+,10-/m1/s1. The van der Waals surface area contributed by atoms with Crippen LogP contribution in [0.4, 0.5) is 0 Å². The number of H-pyrrole nitrogens is 2. The van der Waals surface area contributed by atoms with Crippen molar-refractivity contribution in [3.63, 3.8) is 0 Å². The molecule has 2 aliphatic carbocycles. The summed E-state index contributed by atoms with van der Waals surface area (Å²) in [5.41, 5.74) is -1.22. The average molecular weight is 324 g/mol. The van der Waals surface area contributed by atoms with Gasteiger partial charge in [-0.05, 0) is 43.9 Å². The molecule has 2 aliphatic rings. The fourth-order valence-electron chi connectivity index (χ4n) is 3.88. The van der Waals surface area contributed by atoms with Crippen LogP contribution in [0.2, 0.25) is 0 Å². The third-order valence-corrected chi connectivity index (χ3v) is 5.80. The molecule has 0 spiro atoms. The highest BCUT2D eigenvalue weighted by Gasteiger charge is 2.42. The van der Waals surface area contributed by atoms with Crippen molar-refractivity contribution >= 4 is 17.7 Å². The van der Waals surface area contributed by atoms with Crippen LogP contribution >= 0.6 is 11.8 Å². The number of aromatic amines is 2. The molecule has 2 bridgehead atoms. The Hall–Kier alpha value is -1.57. The largest absolute Gasteiger partial charge is 0.353 e. The van der Waals surface area contributed by atoms with Crippen LogP contribution in [0.25, 0.3) is 0 Å². The summed E-state index contributed by atoms with van der Waals surface area (Å²) in [6, 6.07) is 0.172. The summed E-state index contributed by atoms with van der Waals surface area (Å²) in [6.45, 7) is 2.07.